The zero-order valence-corrected chi connectivity index (χ0v) is 15.9. The van der Waals surface area contributed by atoms with Crippen molar-refractivity contribution < 1.29 is 13.9 Å². The molecule has 4 rings (SSSR count). The fraction of sp³-hybridized carbons (Fsp3) is 0.130. The van der Waals surface area contributed by atoms with Crippen LogP contribution < -0.4 is 14.9 Å². The SMILES string of the molecule is COc1ccc(-c2oc3c(-c4ccncc4)cc(C)cc3c(=O)c2OC)cc1. The molecule has 2 aromatic carbocycles. The van der Waals surface area contributed by atoms with Crippen molar-refractivity contribution in [3.05, 3.63) is 76.7 Å². The molecule has 5 nitrogen and oxygen atoms in total. The number of pyridine rings is 1. The van der Waals surface area contributed by atoms with Gasteiger partial charge in [-0.15, -0.1) is 0 Å². The normalized spacial score (nSPS) is 10.8. The molecule has 2 aromatic heterocycles. The van der Waals surface area contributed by atoms with Gasteiger partial charge >= 0.3 is 0 Å². The molecule has 0 atom stereocenters. The van der Waals surface area contributed by atoms with Crippen LogP contribution in [0.15, 0.2) is 70.1 Å². The Hall–Kier alpha value is -3.60. The number of nitrogens with zero attached hydrogens (tertiary/aromatic N) is 1. The predicted molar refractivity (Wildman–Crippen MR) is 109 cm³/mol. The van der Waals surface area contributed by atoms with E-state index < -0.39 is 0 Å². The second-order valence-corrected chi connectivity index (χ2v) is 6.45. The van der Waals surface area contributed by atoms with Crippen LogP contribution in [-0.2, 0) is 0 Å². The number of fused-ring (bicyclic) bond motifs is 1. The smallest absolute Gasteiger partial charge is 0.235 e. The molecule has 0 aliphatic rings. The van der Waals surface area contributed by atoms with E-state index in [1.165, 1.54) is 7.11 Å². The summed E-state index contributed by atoms with van der Waals surface area (Å²) in [4.78, 5) is 17.3. The summed E-state index contributed by atoms with van der Waals surface area (Å²) in [5.74, 6) is 1.30. The summed E-state index contributed by atoms with van der Waals surface area (Å²) in [5, 5.41) is 0.487. The highest BCUT2D eigenvalue weighted by Gasteiger charge is 2.20. The molecule has 0 spiro atoms. The van der Waals surface area contributed by atoms with Gasteiger partial charge in [0.2, 0.25) is 11.2 Å². The van der Waals surface area contributed by atoms with Crippen molar-refractivity contribution in [2.45, 2.75) is 6.92 Å². The largest absolute Gasteiger partial charge is 0.497 e. The number of benzene rings is 2. The Balaban J connectivity index is 2.06. The van der Waals surface area contributed by atoms with E-state index in [0.29, 0.717) is 16.7 Å². The lowest BCUT2D eigenvalue weighted by Gasteiger charge is -2.13. The van der Waals surface area contributed by atoms with Crippen LogP contribution in [0.5, 0.6) is 11.5 Å². The first-order chi connectivity index (χ1) is 13.6. The van der Waals surface area contributed by atoms with E-state index in [9.17, 15) is 4.79 Å². The van der Waals surface area contributed by atoms with Crippen LogP contribution in [0.3, 0.4) is 0 Å². The summed E-state index contributed by atoms with van der Waals surface area (Å²) < 4.78 is 16.9. The summed E-state index contributed by atoms with van der Waals surface area (Å²) in [6.07, 6.45) is 3.44. The number of aryl methyl sites for hydroxylation is 1. The lowest BCUT2D eigenvalue weighted by atomic mass is 10.00. The fourth-order valence-corrected chi connectivity index (χ4v) is 3.29. The number of rotatable bonds is 4. The molecular formula is C23H19NO4. The molecule has 28 heavy (non-hydrogen) atoms. The van der Waals surface area contributed by atoms with Crippen LogP contribution in [0.1, 0.15) is 5.56 Å². The van der Waals surface area contributed by atoms with Gasteiger partial charge in [-0.1, -0.05) is 0 Å². The van der Waals surface area contributed by atoms with Gasteiger partial charge in [-0.3, -0.25) is 9.78 Å². The number of hydrogen-bond donors (Lipinski definition) is 0. The molecule has 5 heteroatoms. The average Bonchev–Trinajstić information content (AvgIpc) is 2.74. The van der Waals surface area contributed by atoms with E-state index in [-0.39, 0.29) is 11.2 Å². The lowest BCUT2D eigenvalue weighted by Crippen LogP contribution is -2.08. The van der Waals surface area contributed by atoms with Gasteiger partial charge in [-0.05, 0) is 66.6 Å². The first kappa shape index (κ1) is 17.8. The highest BCUT2D eigenvalue weighted by atomic mass is 16.5. The third kappa shape index (κ3) is 3.01. The molecule has 0 radical (unpaired) electrons. The topological polar surface area (TPSA) is 61.6 Å². The number of methoxy groups -OCH3 is 2. The van der Waals surface area contributed by atoms with E-state index in [4.69, 9.17) is 13.9 Å². The minimum absolute atomic E-state index is 0.184. The Morgan fingerprint density at radius 3 is 2.25 bits per heavy atom. The van der Waals surface area contributed by atoms with Gasteiger partial charge in [0.05, 0.1) is 19.6 Å². The Labute approximate surface area is 162 Å². The Morgan fingerprint density at radius 2 is 1.61 bits per heavy atom. The van der Waals surface area contributed by atoms with Crippen molar-refractivity contribution in [1.29, 1.82) is 0 Å². The van der Waals surface area contributed by atoms with Crippen LogP contribution in [0.25, 0.3) is 33.4 Å². The van der Waals surface area contributed by atoms with Crippen LogP contribution in [0.2, 0.25) is 0 Å². The summed E-state index contributed by atoms with van der Waals surface area (Å²) in [7, 11) is 3.08. The van der Waals surface area contributed by atoms with E-state index in [2.05, 4.69) is 4.98 Å². The molecule has 0 N–H and O–H groups in total. The Morgan fingerprint density at radius 1 is 0.893 bits per heavy atom. The molecule has 0 aliphatic heterocycles. The second-order valence-electron chi connectivity index (χ2n) is 6.45. The van der Waals surface area contributed by atoms with Gasteiger partial charge in [0.25, 0.3) is 0 Å². The van der Waals surface area contributed by atoms with Crippen LogP contribution in [0, 0.1) is 6.92 Å². The average molecular weight is 373 g/mol. The molecule has 0 fully saturated rings. The van der Waals surface area contributed by atoms with Crippen molar-refractivity contribution in [2.75, 3.05) is 14.2 Å². The van der Waals surface area contributed by atoms with Crippen molar-refractivity contribution in [1.82, 2.24) is 4.98 Å². The third-order valence-electron chi connectivity index (χ3n) is 4.64. The van der Waals surface area contributed by atoms with Crippen molar-refractivity contribution in [2.24, 2.45) is 0 Å². The maximum absolute atomic E-state index is 13.2. The van der Waals surface area contributed by atoms with Gasteiger partial charge in [0, 0.05) is 23.5 Å². The quantitative estimate of drug-likeness (QED) is 0.512. The minimum Gasteiger partial charge on any atom is -0.497 e. The van der Waals surface area contributed by atoms with Gasteiger partial charge in [-0.2, -0.15) is 0 Å². The van der Waals surface area contributed by atoms with E-state index in [1.54, 1.807) is 19.5 Å². The van der Waals surface area contributed by atoms with Gasteiger partial charge in [0.15, 0.2) is 5.76 Å². The molecule has 0 saturated carbocycles. The third-order valence-corrected chi connectivity index (χ3v) is 4.64. The Kier molecular flexibility index (Phi) is 4.57. The summed E-state index contributed by atoms with van der Waals surface area (Å²) in [6, 6.07) is 14.9. The lowest BCUT2D eigenvalue weighted by molar-refractivity contribution is 0.398. The van der Waals surface area contributed by atoms with Crippen molar-refractivity contribution >= 4 is 11.0 Å². The van der Waals surface area contributed by atoms with E-state index >= 15 is 0 Å². The van der Waals surface area contributed by atoms with Crippen LogP contribution >= 0.6 is 0 Å². The Bertz CT molecular complexity index is 1200. The van der Waals surface area contributed by atoms with E-state index in [0.717, 1.165) is 28.0 Å². The zero-order valence-electron chi connectivity index (χ0n) is 15.9. The maximum Gasteiger partial charge on any atom is 0.235 e. The van der Waals surface area contributed by atoms with Gasteiger partial charge in [-0.25, -0.2) is 0 Å². The first-order valence-electron chi connectivity index (χ1n) is 8.82. The van der Waals surface area contributed by atoms with E-state index in [1.807, 2.05) is 55.5 Å². The summed E-state index contributed by atoms with van der Waals surface area (Å²) >= 11 is 0. The number of aromatic nitrogens is 1. The molecule has 0 unspecified atom stereocenters. The molecule has 0 saturated heterocycles. The molecule has 2 heterocycles. The molecule has 0 amide bonds. The molecule has 0 aliphatic carbocycles. The first-order valence-corrected chi connectivity index (χ1v) is 8.82. The molecule has 140 valence electrons. The van der Waals surface area contributed by atoms with Gasteiger partial charge in [0.1, 0.15) is 11.3 Å². The highest BCUT2D eigenvalue weighted by molar-refractivity contribution is 5.94. The molecule has 4 aromatic rings. The minimum atomic E-state index is -0.200. The summed E-state index contributed by atoms with van der Waals surface area (Å²) in [5.41, 5.74) is 3.79. The summed E-state index contributed by atoms with van der Waals surface area (Å²) in [6.45, 7) is 1.95. The number of ether oxygens (including phenoxy) is 2. The zero-order chi connectivity index (χ0) is 19.7. The maximum atomic E-state index is 13.2. The van der Waals surface area contributed by atoms with Crippen LogP contribution in [0.4, 0.5) is 0 Å². The molecular weight excluding hydrogens is 354 g/mol. The fourth-order valence-electron chi connectivity index (χ4n) is 3.29. The highest BCUT2D eigenvalue weighted by Crippen LogP contribution is 2.36. The van der Waals surface area contributed by atoms with Crippen molar-refractivity contribution in [3.8, 4) is 33.9 Å². The predicted octanol–water partition coefficient (Wildman–Crippen LogP) is 4.85. The standard InChI is InChI=1S/C23H19NO4/c1-14-12-18(15-8-10-24-11-9-15)22-19(13-14)20(25)23(27-3)21(28-22)16-4-6-17(26-2)7-5-16/h4-13H,1-3H3. The molecule has 0 bridgehead atoms. The second kappa shape index (κ2) is 7.19. The van der Waals surface area contributed by atoms with Crippen molar-refractivity contribution in [3.63, 3.8) is 0 Å². The van der Waals surface area contributed by atoms with Gasteiger partial charge < -0.3 is 13.9 Å². The van der Waals surface area contributed by atoms with Crippen LogP contribution in [-0.4, -0.2) is 19.2 Å². The monoisotopic (exact) mass is 373 g/mol. The number of hydrogen-bond acceptors (Lipinski definition) is 5.